The number of hydrogen-bond acceptors (Lipinski definition) is 5. The lowest BCUT2D eigenvalue weighted by Gasteiger charge is -2.51. The monoisotopic (exact) mass is 391 g/mol. The second-order valence-electron chi connectivity index (χ2n) is 9.10. The van der Waals surface area contributed by atoms with Gasteiger partial charge in [-0.25, -0.2) is 0 Å². The summed E-state index contributed by atoms with van der Waals surface area (Å²) < 4.78 is 11.9. The number of likely N-dealkylation sites (tertiary alicyclic amines) is 1. The molecule has 0 aliphatic carbocycles. The van der Waals surface area contributed by atoms with Crippen molar-refractivity contribution < 1.29 is 19.7 Å². The van der Waals surface area contributed by atoms with Gasteiger partial charge in [-0.1, -0.05) is 19.9 Å². The van der Waals surface area contributed by atoms with Crippen LogP contribution in [0.3, 0.4) is 0 Å². The summed E-state index contributed by atoms with van der Waals surface area (Å²) in [5, 5.41) is 21.2. The lowest BCUT2D eigenvalue weighted by molar-refractivity contribution is -0.246. The first kappa shape index (κ1) is 21.6. The Balaban J connectivity index is 1.70. The zero-order valence-electron chi connectivity index (χ0n) is 18.1. The van der Waals surface area contributed by atoms with Gasteiger partial charge in [-0.3, -0.25) is 4.90 Å². The molecule has 2 saturated heterocycles. The van der Waals surface area contributed by atoms with Crippen LogP contribution in [0.15, 0.2) is 12.1 Å². The molecule has 2 heterocycles. The van der Waals surface area contributed by atoms with Gasteiger partial charge in [0.25, 0.3) is 0 Å². The number of piperidine rings is 1. The van der Waals surface area contributed by atoms with E-state index in [1.165, 1.54) is 16.7 Å². The topological polar surface area (TPSA) is 62.2 Å². The van der Waals surface area contributed by atoms with Gasteiger partial charge in [0.05, 0.1) is 24.4 Å². The zero-order valence-corrected chi connectivity index (χ0v) is 18.1. The van der Waals surface area contributed by atoms with Crippen LogP contribution in [0.4, 0.5) is 0 Å². The molecule has 1 aromatic carbocycles. The van der Waals surface area contributed by atoms with E-state index in [9.17, 15) is 10.2 Å². The average molecular weight is 392 g/mol. The number of benzene rings is 1. The highest BCUT2D eigenvalue weighted by molar-refractivity contribution is 5.44. The molecule has 1 aromatic rings. The third kappa shape index (κ3) is 4.23. The van der Waals surface area contributed by atoms with E-state index in [1.807, 2.05) is 6.92 Å². The van der Waals surface area contributed by atoms with Crippen molar-refractivity contribution in [3.63, 3.8) is 0 Å². The predicted molar refractivity (Wildman–Crippen MR) is 111 cm³/mol. The molecule has 3 rings (SSSR count). The zero-order chi connectivity index (χ0) is 20.5. The molecule has 158 valence electrons. The average Bonchev–Trinajstić information content (AvgIpc) is 2.63. The van der Waals surface area contributed by atoms with Gasteiger partial charge in [-0.15, -0.1) is 0 Å². The Bertz CT molecular complexity index is 677. The van der Waals surface area contributed by atoms with Crippen LogP contribution in [-0.2, 0) is 11.3 Å². The summed E-state index contributed by atoms with van der Waals surface area (Å²) in [4.78, 5) is 2.43. The van der Waals surface area contributed by atoms with Gasteiger partial charge >= 0.3 is 0 Å². The van der Waals surface area contributed by atoms with Crippen molar-refractivity contribution in [2.24, 2.45) is 0 Å². The number of aryl methyl sites for hydroxylation is 1. The lowest BCUT2D eigenvalue weighted by atomic mass is 9.75. The molecule has 0 radical (unpaired) electrons. The Kier molecular flexibility index (Phi) is 6.40. The van der Waals surface area contributed by atoms with E-state index in [0.29, 0.717) is 25.6 Å². The molecule has 5 nitrogen and oxygen atoms in total. The van der Waals surface area contributed by atoms with Crippen molar-refractivity contribution in [2.75, 3.05) is 26.3 Å². The van der Waals surface area contributed by atoms with Crippen molar-refractivity contribution in [1.82, 2.24) is 4.90 Å². The second kappa shape index (κ2) is 8.31. The Hall–Kier alpha value is -1.14. The highest BCUT2D eigenvalue weighted by Gasteiger charge is 2.52. The number of hydrogen-bond donors (Lipinski definition) is 2. The fourth-order valence-electron chi connectivity index (χ4n) is 4.64. The summed E-state index contributed by atoms with van der Waals surface area (Å²) in [6.07, 6.45) is 1.16. The van der Waals surface area contributed by atoms with Gasteiger partial charge in [-0.05, 0) is 62.3 Å². The van der Waals surface area contributed by atoms with Crippen LogP contribution >= 0.6 is 0 Å². The van der Waals surface area contributed by atoms with E-state index in [2.05, 4.69) is 37.8 Å². The maximum atomic E-state index is 10.7. The van der Waals surface area contributed by atoms with Crippen molar-refractivity contribution in [2.45, 2.75) is 83.6 Å². The minimum atomic E-state index is -1.06. The first-order valence-electron chi connectivity index (χ1n) is 10.7. The molecule has 0 amide bonds. The molecule has 2 N–H and O–H groups in total. The summed E-state index contributed by atoms with van der Waals surface area (Å²) in [6, 6.07) is 4.47. The fourth-order valence-corrected chi connectivity index (χ4v) is 4.64. The second-order valence-corrected chi connectivity index (χ2v) is 9.10. The van der Waals surface area contributed by atoms with E-state index in [-0.39, 0.29) is 0 Å². The van der Waals surface area contributed by atoms with Crippen LogP contribution in [0.1, 0.15) is 69.6 Å². The van der Waals surface area contributed by atoms with E-state index in [0.717, 1.165) is 38.2 Å². The minimum Gasteiger partial charge on any atom is -0.494 e. The number of nitrogens with zero attached hydrogens (tertiary/aromatic N) is 1. The molecule has 2 fully saturated rings. The quantitative estimate of drug-likeness (QED) is 0.806. The van der Waals surface area contributed by atoms with Crippen molar-refractivity contribution >= 4 is 0 Å². The van der Waals surface area contributed by atoms with Crippen LogP contribution in [0.5, 0.6) is 5.75 Å². The molecule has 2 atom stereocenters. The Morgan fingerprint density at radius 1 is 1.25 bits per heavy atom. The highest BCUT2D eigenvalue weighted by Crippen LogP contribution is 2.40. The first-order valence-corrected chi connectivity index (χ1v) is 10.7. The Labute approximate surface area is 169 Å². The molecule has 0 saturated carbocycles. The summed E-state index contributed by atoms with van der Waals surface area (Å²) in [5.41, 5.74) is 2.19. The molecule has 2 aliphatic heterocycles. The van der Waals surface area contributed by atoms with Crippen LogP contribution in [0.2, 0.25) is 0 Å². The lowest BCUT2D eigenvalue weighted by Crippen LogP contribution is -2.64. The van der Waals surface area contributed by atoms with Gasteiger partial charge < -0.3 is 19.7 Å². The summed E-state index contributed by atoms with van der Waals surface area (Å²) in [7, 11) is 0. The van der Waals surface area contributed by atoms with Crippen molar-refractivity contribution in [1.29, 1.82) is 0 Å². The third-order valence-corrected chi connectivity index (χ3v) is 6.57. The summed E-state index contributed by atoms with van der Waals surface area (Å²) >= 11 is 0. The molecule has 0 unspecified atom stereocenters. The molecular weight excluding hydrogens is 354 g/mol. The molecule has 0 aromatic heterocycles. The molecular formula is C23H37NO4. The van der Waals surface area contributed by atoms with Gasteiger partial charge in [0.15, 0.2) is 0 Å². The minimum absolute atomic E-state index is 0.415. The van der Waals surface area contributed by atoms with E-state index < -0.39 is 17.3 Å². The van der Waals surface area contributed by atoms with Crippen LogP contribution < -0.4 is 4.74 Å². The van der Waals surface area contributed by atoms with E-state index >= 15 is 0 Å². The van der Waals surface area contributed by atoms with Crippen LogP contribution in [-0.4, -0.2) is 58.7 Å². The van der Waals surface area contributed by atoms with Gasteiger partial charge in [0.2, 0.25) is 0 Å². The van der Waals surface area contributed by atoms with E-state index in [4.69, 9.17) is 9.47 Å². The molecule has 1 spiro atoms. The Morgan fingerprint density at radius 3 is 2.54 bits per heavy atom. The Morgan fingerprint density at radius 2 is 1.93 bits per heavy atom. The maximum absolute atomic E-state index is 10.7. The fraction of sp³-hybridized carbons (Fsp3) is 0.739. The SMILES string of the molecule is CCOc1cc(C)c(CN2CCC3(CC2)OCC[C@@](C)(O)[C@@H]3O)cc1C(C)C. The standard InChI is InChI=1S/C23H37NO4/c1-6-27-20-13-17(4)18(14-19(20)16(2)3)15-24-10-7-23(8-11-24)21(25)22(5,26)9-12-28-23/h13-14,16,21,25-26H,6-12,15H2,1-5H3/t21-,22+/m0/s1. The summed E-state index contributed by atoms with van der Waals surface area (Å²) in [5.74, 6) is 1.41. The normalized spacial score (nSPS) is 28.1. The number of rotatable bonds is 5. The largest absolute Gasteiger partial charge is 0.494 e. The predicted octanol–water partition coefficient (Wildman–Crippen LogP) is 3.38. The smallest absolute Gasteiger partial charge is 0.123 e. The molecule has 28 heavy (non-hydrogen) atoms. The number of aliphatic hydroxyl groups is 2. The van der Waals surface area contributed by atoms with Crippen molar-refractivity contribution in [3.8, 4) is 5.75 Å². The van der Waals surface area contributed by atoms with E-state index in [1.54, 1.807) is 6.92 Å². The number of aliphatic hydroxyl groups excluding tert-OH is 1. The third-order valence-electron chi connectivity index (χ3n) is 6.57. The highest BCUT2D eigenvalue weighted by atomic mass is 16.5. The molecule has 2 aliphatic rings. The first-order chi connectivity index (χ1) is 13.2. The molecule has 5 heteroatoms. The maximum Gasteiger partial charge on any atom is 0.123 e. The van der Waals surface area contributed by atoms with Crippen molar-refractivity contribution in [3.05, 3.63) is 28.8 Å². The molecule has 0 bridgehead atoms. The van der Waals surface area contributed by atoms with Crippen LogP contribution in [0.25, 0.3) is 0 Å². The summed E-state index contributed by atoms with van der Waals surface area (Å²) in [6.45, 7) is 14.1. The van der Waals surface area contributed by atoms with Gasteiger partial charge in [0, 0.05) is 26.1 Å². The number of ether oxygens (including phenoxy) is 2. The van der Waals surface area contributed by atoms with Gasteiger partial charge in [0.1, 0.15) is 11.9 Å². The van der Waals surface area contributed by atoms with Gasteiger partial charge in [-0.2, -0.15) is 0 Å². The van der Waals surface area contributed by atoms with Crippen LogP contribution in [0, 0.1) is 6.92 Å².